The Morgan fingerprint density at radius 2 is 1.65 bits per heavy atom. The fraction of sp³-hybridized carbons (Fsp3) is 0.667. The van der Waals surface area contributed by atoms with Crippen molar-refractivity contribution in [2.75, 3.05) is 19.6 Å². The zero-order valence-electron chi connectivity index (χ0n) is 10.3. The molecular formula is C12H21NO4. The molecule has 0 aromatic rings. The first-order valence-electron chi connectivity index (χ1n) is 5.87. The first kappa shape index (κ1) is 15.6. The Morgan fingerprint density at radius 1 is 1.06 bits per heavy atom. The van der Waals surface area contributed by atoms with E-state index in [1.165, 1.54) is 11.3 Å². The number of allylic oxidation sites excluding steroid dienone is 1. The highest BCUT2D eigenvalue weighted by Gasteiger charge is 2.11. The van der Waals surface area contributed by atoms with E-state index >= 15 is 0 Å². The van der Waals surface area contributed by atoms with Gasteiger partial charge in [0.2, 0.25) is 0 Å². The molecule has 0 amide bonds. The number of rotatable bonds is 10. The molecule has 5 heteroatoms. The summed E-state index contributed by atoms with van der Waals surface area (Å²) >= 11 is 0. The molecule has 5 nitrogen and oxygen atoms in total. The summed E-state index contributed by atoms with van der Waals surface area (Å²) in [6, 6.07) is 0. The van der Waals surface area contributed by atoms with Gasteiger partial charge in [0.1, 0.15) is 0 Å². The zero-order chi connectivity index (χ0) is 13.1. The molecule has 0 aromatic heterocycles. The quantitative estimate of drug-likeness (QED) is 0.450. The summed E-state index contributed by atoms with van der Waals surface area (Å²) in [4.78, 5) is 22.4. The van der Waals surface area contributed by atoms with Gasteiger partial charge < -0.3 is 10.2 Å². The maximum atomic E-state index is 10.5. The fourth-order valence-electron chi connectivity index (χ4n) is 1.42. The van der Waals surface area contributed by atoms with Gasteiger partial charge in [-0.25, -0.2) is 0 Å². The van der Waals surface area contributed by atoms with Gasteiger partial charge in [-0.1, -0.05) is 31.9 Å². The minimum atomic E-state index is -1.01. The summed E-state index contributed by atoms with van der Waals surface area (Å²) in [7, 11) is 0. The minimum Gasteiger partial charge on any atom is -0.480 e. The maximum absolute atomic E-state index is 10.5. The molecular weight excluding hydrogens is 222 g/mol. The van der Waals surface area contributed by atoms with Crippen molar-refractivity contribution in [2.45, 2.75) is 32.6 Å². The number of carboxylic acid groups (broad SMARTS) is 2. The molecule has 0 saturated carbocycles. The molecule has 0 bridgehead atoms. The predicted molar refractivity (Wildman–Crippen MR) is 65.0 cm³/mol. The van der Waals surface area contributed by atoms with Crippen LogP contribution in [0.5, 0.6) is 0 Å². The van der Waals surface area contributed by atoms with Crippen LogP contribution in [0.1, 0.15) is 32.6 Å². The number of unbranched alkanes of at least 4 members (excludes halogenated alkanes) is 3. The topological polar surface area (TPSA) is 77.8 Å². The normalized spacial score (nSPS) is 11.2. The number of carbonyl (C=O) groups is 2. The van der Waals surface area contributed by atoms with E-state index in [2.05, 4.69) is 6.92 Å². The molecule has 0 aromatic carbocycles. The standard InChI is InChI=1S/C12H21NO4/c1-2-3-4-5-6-7-8-13(9-11(14)15)10-12(16)17/h6-7H,2-5,8-10H2,1H3,(H,14,15)(H,16,17)/b7-6+. The van der Waals surface area contributed by atoms with Crippen LogP contribution < -0.4 is 0 Å². The molecule has 0 aliphatic rings. The van der Waals surface area contributed by atoms with E-state index in [9.17, 15) is 9.59 Å². The van der Waals surface area contributed by atoms with E-state index in [4.69, 9.17) is 10.2 Å². The Hall–Kier alpha value is -1.36. The molecule has 2 N–H and O–H groups in total. The van der Waals surface area contributed by atoms with Gasteiger partial charge in [-0.15, -0.1) is 0 Å². The van der Waals surface area contributed by atoms with Crippen LogP contribution in [0.15, 0.2) is 12.2 Å². The molecule has 0 unspecified atom stereocenters. The summed E-state index contributed by atoms with van der Waals surface area (Å²) in [5, 5.41) is 17.2. The van der Waals surface area contributed by atoms with Crippen molar-refractivity contribution >= 4 is 11.9 Å². The number of hydrogen-bond acceptors (Lipinski definition) is 3. The third-order valence-corrected chi connectivity index (χ3v) is 2.22. The number of carboxylic acids is 2. The lowest BCUT2D eigenvalue weighted by Gasteiger charge is -2.15. The Kier molecular flexibility index (Phi) is 9.05. The van der Waals surface area contributed by atoms with Gasteiger partial charge >= 0.3 is 11.9 Å². The second kappa shape index (κ2) is 9.84. The van der Waals surface area contributed by atoms with E-state index in [-0.39, 0.29) is 13.1 Å². The molecule has 0 spiro atoms. The maximum Gasteiger partial charge on any atom is 0.317 e. The average Bonchev–Trinajstić information content (AvgIpc) is 2.21. The average molecular weight is 243 g/mol. The first-order valence-corrected chi connectivity index (χ1v) is 5.87. The summed E-state index contributed by atoms with van der Waals surface area (Å²) in [5.74, 6) is -2.02. The van der Waals surface area contributed by atoms with Crippen molar-refractivity contribution in [1.29, 1.82) is 0 Å². The molecule has 0 aliphatic heterocycles. The highest BCUT2D eigenvalue weighted by molar-refractivity contribution is 5.72. The molecule has 0 fully saturated rings. The molecule has 0 heterocycles. The number of aliphatic carboxylic acids is 2. The van der Waals surface area contributed by atoms with Crippen molar-refractivity contribution in [1.82, 2.24) is 4.90 Å². The summed E-state index contributed by atoms with van der Waals surface area (Å²) in [5.41, 5.74) is 0. The predicted octanol–water partition coefficient (Wildman–Crippen LogP) is 1.59. The second-order valence-electron chi connectivity index (χ2n) is 3.92. The Balaban J connectivity index is 3.89. The third-order valence-electron chi connectivity index (χ3n) is 2.22. The van der Waals surface area contributed by atoms with Crippen molar-refractivity contribution in [2.24, 2.45) is 0 Å². The largest absolute Gasteiger partial charge is 0.480 e. The molecule has 0 atom stereocenters. The van der Waals surface area contributed by atoms with Gasteiger partial charge in [-0.2, -0.15) is 0 Å². The van der Waals surface area contributed by atoms with Gasteiger partial charge in [-0.05, 0) is 12.8 Å². The van der Waals surface area contributed by atoms with Crippen LogP contribution in [0.25, 0.3) is 0 Å². The van der Waals surface area contributed by atoms with Gasteiger partial charge in [0, 0.05) is 6.54 Å². The number of hydrogen-bond donors (Lipinski definition) is 2. The highest BCUT2D eigenvalue weighted by atomic mass is 16.4. The highest BCUT2D eigenvalue weighted by Crippen LogP contribution is 2.00. The first-order chi connectivity index (χ1) is 8.06. The van der Waals surface area contributed by atoms with Crippen molar-refractivity contribution in [3.8, 4) is 0 Å². The third kappa shape index (κ3) is 10.9. The lowest BCUT2D eigenvalue weighted by molar-refractivity contribution is -0.141. The number of nitrogens with zero attached hydrogens (tertiary/aromatic N) is 1. The molecule has 0 aliphatic carbocycles. The van der Waals surface area contributed by atoms with Crippen molar-refractivity contribution in [3.63, 3.8) is 0 Å². The Bertz CT molecular complexity index is 247. The smallest absolute Gasteiger partial charge is 0.317 e. The van der Waals surface area contributed by atoms with Crippen molar-refractivity contribution in [3.05, 3.63) is 12.2 Å². The van der Waals surface area contributed by atoms with Gasteiger partial charge in [0.05, 0.1) is 13.1 Å². The molecule has 0 saturated heterocycles. The monoisotopic (exact) mass is 243 g/mol. The summed E-state index contributed by atoms with van der Waals surface area (Å²) in [6.45, 7) is 2.01. The van der Waals surface area contributed by atoms with Crippen LogP contribution in [0.3, 0.4) is 0 Å². The van der Waals surface area contributed by atoms with E-state index in [1.807, 2.05) is 12.2 Å². The van der Waals surface area contributed by atoms with E-state index in [1.54, 1.807) is 0 Å². The van der Waals surface area contributed by atoms with Gasteiger partial charge in [0.15, 0.2) is 0 Å². The zero-order valence-corrected chi connectivity index (χ0v) is 10.3. The molecule has 98 valence electrons. The minimum absolute atomic E-state index is 0.244. The van der Waals surface area contributed by atoms with Crippen LogP contribution in [-0.2, 0) is 9.59 Å². The summed E-state index contributed by atoms with van der Waals surface area (Å²) in [6.07, 6.45) is 8.23. The van der Waals surface area contributed by atoms with Crippen LogP contribution in [0, 0.1) is 0 Å². The van der Waals surface area contributed by atoms with E-state index in [0.29, 0.717) is 6.54 Å². The Morgan fingerprint density at radius 3 is 2.12 bits per heavy atom. The van der Waals surface area contributed by atoms with Crippen LogP contribution in [-0.4, -0.2) is 46.7 Å². The van der Waals surface area contributed by atoms with Gasteiger partial charge in [-0.3, -0.25) is 14.5 Å². The SMILES string of the molecule is CCCCC/C=C/CN(CC(=O)O)CC(=O)O. The lowest BCUT2D eigenvalue weighted by atomic mass is 10.2. The summed E-state index contributed by atoms with van der Waals surface area (Å²) < 4.78 is 0. The second-order valence-corrected chi connectivity index (χ2v) is 3.92. The van der Waals surface area contributed by atoms with Crippen LogP contribution in [0.2, 0.25) is 0 Å². The lowest BCUT2D eigenvalue weighted by Crippen LogP contribution is -2.34. The van der Waals surface area contributed by atoms with E-state index in [0.717, 1.165) is 19.3 Å². The van der Waals surface area contributed by atoms with Crippen LogP contribution in [0.4, 0.5) is 0 Å². The fourth-order valence-corrected chi connectivity index (χ4v) is 1.42. The molecule has 0 radical (unpaired) electrons. The van der Waals surface area contributed by atoms with Crippen molar-refractivity contribution < 1.29 is 19.8 Å². The Labute approximate surface area is 102 Å². The van der Waals surface area contributed by atoms with Gasteiger partial charge in [0.25, 0.3) is 0 Å². The molecule has 17 heavy (non-hydrogen) atoms. The van der Waals surface area contributed by atoms with E-state index < -0.39 is 11.9 Å². The molecule has 0 rings (SSSR count). The van der Waals surface area contributed by atoms with Crippen LogP contribution >= 0.6 is 0 Å².